The molecule has 1 aromatic rings. The van der Waals surface area contributed by atoms with Crippen LogP contribution in [0.5, 0.6) is 0 Å². The normalized spacial score (nSPS) is 13.5. The van der Waals surface area contributed by atoms with Gasteiger partial charge in [-0.3, -0.25) is 4.79 Å². The number of carbonyl (C=O) groups excluding carboxylic acids is 1. The van der Waals surface area contributed by atoms with E-state index in [4.69, 9.17) is 0 Å². The number of aryl methyl sites for hydroxylation is 1. The molecule has 1 aromatic carbocycles. The summed E-state index contributed by atoms with van der Waals surface area (Å²) >= 11 is 4.43. The molecule has 0 saturated carbocycles. The van der Waals surface area contributed by atoms with Gasteiger partial charge in [0.2, 0.25) is 0 Å². The Labute approximate surface area is 93.3 Å². The van der Waals surface area contributed by atoms with Gasteiger partial charge in [0, 0.05) is 5.57 Å². The molecule has 2 nitrogen and oxygen atoms in total. The Morgan fingerprint density at radius 1 is 1.40 bits per heavy atom. The van der Waals surface area contributed by atoms with E-state index in [2.05, 4.69) is 22.4 Å². The summed E-state index contributed by atoms with van der Waals surface area (Å²) in [7, 11) is 0. The lowest BCUT2D eigenvalue weighted by molar-refractivity contribution is -0.112. The van der Waals surface area contributed by atoms with E-state index >= 15 is 0 Å². The van der Waals surface area contributed by atoms with Crippen LogP contribution < -0.4 is 0 Å². The minimum Gasteiger partial charge on any atom is -0.266 e. The molecular weight excluding hydrogens is 206 g/mol. The number of thiocarbonyl (C=S) groups is 1. The molecule has 0 N–H and O–H groups in total. The van der Waals surface area contributed by atoms with Crippen molar-refractivity contribution in [3.05, 3.63) is 41.5 Å². The molecule has 1 aliphatic rings. The number of hydrogen-bond acceptors (Lipinski definition) is 2. The third-order valence-electron chi connectivity index (χ3n) is 2.45. The van der Waals surface area contributed by atoms with Crippen molar-refractivity contribution in [3.63, 3.8) is 0 Å². The first-order valence-corrected chi connectivity index (χ1v) is 5.14. The molecular formula is C12H9NOS. The number of benzene rings is 1. The van der Waals surface area contributed by atoms with E-state index in [-0.39, 0.29) is 5.91 Å². The van der Waals surface area contributed by atoms with Crippen LogP contribution >= 0.6 is 12.2 Å². The molecule has 1 amide bonds. The zero-order valence-corrected chi connectivity index (χ0v) is 8.88. The van der Waals surface area contributed by atoms with Gasteiger partial charge in [0.05, 0.1) is 5.16 Å². The second kappa shape index (κ2) is 4.30. The van der Waals surface area contributed by atoms with Gasteiger partial charge in [0.25, 0.3) is 5.91 Å². The average molecular weight is 215 g/mol. The van der Waals surface area contributed by atoms with Crippen LogP contribution in [0.15, 0.2) is 35.3 Å². The second-order valence-corrected chi connectivity index (χ2v) is 3.50. The lowest BCUT2D eigenvalue weighted by Gasteiger charge is -2.14. The molecule has 3 heteroatoms. The highest BCUT2D eigenvalue weighted by molar-refractivity contribution is 7.78. The molecule has 0 aliphatic heterocycles. The number of amides is 1. The summed E-state index contributed by atoms with van der Waals surface area (Å²) in [5, 5.41) is 2.11. The standard InChI is InChI=1S/C12H9NOS/c14-12(13-8-15)11-7-3-5-9-4-1-2-6-10(9)11/h1-2,4,6-7H,3,5H2. The van der Waals surface area contributed by atoms with Crippen LogP contribution in [-0.4, -0.2) is 11.1 Å². The van der Waals surface area contributed by atoms with Crippen LogP contribution in [0.1, 0.15) is 17.5 Å². The molecule has 0 unspecified atom stereocenters. The van der Waals surface area contributed by atoms with Crippen molar-refractivity contribution < 1.29 is 4.79 Å². The summed E-state index contributed by atoms with van der Waals surface area (Å²) < 4.78 is 0. The summed E-state index contributed by atoms with van der Waals surface area (Å²) in [6.07, 6.45) is 3.78. The van der Waals surface area contributed by atoms with Crippen LogP contribution in [0.2, 0.25) is 0 Å². The average Bonchev–Trinajstić information content (AvgIpc) is 2.28. The summed E-state index contributed by atoms with van der Waals surface area (Å²) in [5.74, 6) is -0.294. The maximum absolute atomic E-state index is 11.6. The van der Waals surface area contributed by atoms with E-state index in [1.807, 2.05) is 30.3 Å². The minimum absolute atomic E-state index is 0.294. The quantitative estimate of drug-likeness (QED) is 0.532. The van der Waals surface area contributed by atoms with Crippen molar-refractivity contribution in [2.24, 2.45) is 4.99 Å². The summed E-state index contributed by atoms with van der Waals surface area (Å²) in [6.45, 7) is 0. The van der Waals surface area contributed by atoms with Crippen LogP contribution in [-0.2, 0) is 11.2 Å². The van der Waals surface area contributed by atoms with Gasteiger partial charge in [-0.1, -0.05) is 30.3 Å². The minimum atomic E-state index is -0.294. The van der Waals surface area contributed by atoms with E-state index in [0.29, 0.717) is 5.57 Å². The number of hydrogen-bond donors (Lipinski definition) is 0. The second-order valence-electron chi connectivity index (χ2n) is 3.32. The maximum Gasteiger partial charge on any atom is 0.286 e. The van der Waals surface area contributed by atoms with Gasteiger partial charge in [-0.2, -0.15) is 4.99 Å². The number of carbonyl (C=O) groups is 1. The molecule has 1 aliphatic carbocycles. The lowest BCUT2D eigenvalue weighted by atomic mass is 9.90. The van der Waals surface area contributed by atoms with Gasteiger partial charge in [-0.25, -0.2) is 0 Å². The number of aliphatic imine (C=N–C) groups is 1. The topological polar surface area (TPSA) is 29.4 Å². The van der Waals surface area contributed by atoms with E-state index < -0.39 is 0 Å². The Hall–Kier alpha value is -1.57. The summed E-state index contributed by atoms with van der Waals surface area (Å²) in [6, 6.07) is 7.88. The molecule has 74 valence electrons. The number of allylic oxidation sites excluding steroid dienone is 1. The zero-order valence-electron chi connectivity index (χ0n) is 8.06. The molecule has 0 heterocycles. The lowest BCUT2D eigenvalue weighted by Crippen LogP contribution is -2.05. The summed E-state index contributed by atoms with van der Waals surface area (Å²) in [4.78, 5) is 15.1. The molecule has 15 heavy (non-hydrogen) atoms. The van der Waals surface area contributed by atoms with Crippen molar-refractivity contribution in [2.45, 2.75) is 12.8 Å². The van der Waals surface area contributed by atoms with Crippen LogP contribution in [0.4, 0.5) is 0 Å². The van der Waals surface area contributed by atoms with Crippen molar-refractivity contribution in [2.75, 3.05) is 0 Å². The van der Waals surface area contributed by atoms with E-state index in [1.54, 1.807) is 0 Å². The van der Waals surface area contributed by atoms with Crippen molar-refractivity contribution >= 4 is 28.9 Å². The Morgan fingerprint density at radius 2 is 2.20 bits per heavy atom. The summed E-state index contributed by atoms with van der Waals surface area (Å²) in [5.41, 5.74) is 2.82. The Bertz CT molecular complexity index is 484. The van der Waals surface area contributed by atoms with Gasteiger partial charge in [-0.05, 0) is 36.2 Å². The first kappa shape index (κ1) is 9.97. The smallest absolute Gasteiger partial charge is 0.266 e. The predicted molar refractivity (Wildman–Crippen MR) is 62.8 cm³/mol. The highest BCUT2D eigenvalue weighted by atomic mass is 32.1. The van der Waals surface area contributed by atoms with Gasteiger partial charge in [0.15, 0.2) is 0 Å². The molecule has 0 bridgehead atoms. The third kappa shape index (κ3) is 1.94. The number of isothiocyanates is 1. The van der Waals surface area contributed by atoms with Crippen molar-refractivity contribution in [1.29, 1.82) is 0 Å². The first-order chi connectivity index (χ1) is 7.33. The van der Waals surface area contributed by atoms with Gasteiger partial charge >= 0.3 is 0 Å². The maximum atomic E-state index is 11.6. The van der Waals surface area contributed by atoms with Gasteiger partial charge in [-0.15, -0.1) is 0 Å². The third-order valence-corrected chi connectivity index (χ3v) is 2.54. The van der Waals surface area contributed by atoms with Gasteiger partial charge in [0.1, 0.15) is 0 Å². The van der Waals surface area contributed by atoms with Crippen molar-refractivity contribution in [3.8, 4) is 0 Å². The Morgan fingerprint density at radius 3 is 3.00 bits per heavy atom. The number of rotatable bonds is 1. The Balaban J connectivity index is 2.47. The molecule has 0 atom stereocenters. The van der Waals surface area contributed by atoms with Crippen molar-refractivity contribution in [1.82, 2.24) is 0 Å². The van der Waals surface area contributed by atoms with E-state index in [9.17, 15) is 4.79 Å². The van der Waals surface area contributed by atoms with E-state index in [0.717, 1.165) is 18.4 Å². The molecule has 0 aromatic heterocycles. The molecule has 0 saturated heterocycles. The molecule has 2 rings (SSSR count). The number of nitrogens with zero attached hydrogens (tertiary/aromatic N) is 1. The SMILES string of the molecule is O=C(N=C=S)C1=CCCc2ccccc21. The van der Waals surface area contributed by atoms with Crippen LogP contribution in [0, 0.1) is 0 Å². The highest BCUT2D eigenvalue weighted by Crippen LogP contribution is 2.26. The predicted octanol–water partition coefficient (Wildman–Crippen LogP) is 2.65. The van der Waals surface area contributed by atoms with E-state index in [1.165, 1.54) is 5.56 Å². The highest BCUT2D eigenvalue weighted by Gasteiger charge is 2.17. The fourth-order valence-electron chi connectivity index (χ4n) is 1.79. The largest absolute Gasteiger partial charge is 0.286 e. The van der Waals surface area contributed by atoms with Crippen LogP contribution in [0.3, 0.4) is 0 Å². The Kier molecular flexibility index (Phi) is 2.86. The first-order valence-electron chi connectivity index (χ1n) is 4.73. The molecule has 0 radical (unpaired) electrons. The monoisotopic (exact) mass is 215 g/mol. The van der Waals surface area contributed by atoms with Crippen LogP contribution in [0.25, 0.3) is 5.57 Å². The fourth-order valence-corrected chi connectivity index (χ4v) is 1.87. The fraction of sp³-hybridized carbons (Fsp3) is 0.167. The number of fused-ring (bicyclic) bond motifs is 1. The van der Waals surface area contributed by atoms with Gasteiger partial charge < -0.3 is 0 Å². The molecule has 0 fully saturated rings. The molecule has 0 spiro atoms. The zero-order chi connectivity index (χ0) is 10.7.